The lowest BCUT2D eigenvalue weighted by molar-refractivity contribution is 0.0944. The maximum Gasteiger partial charge on any atom is 0.0576 e. The number of rotatable bonds is 4. The maximum absolute atomic E-state index is 9.67. The molecule has 1 aliphatic carbocycles. The molecular formula is C15H24N2O. The molecule has 0 unspecified atom stereocenters. The molecule has 1 aromatic rings. The fraction of sp³-hybridized carbons (Fsp3) is 0.600. The molecule has 18 heavy (non-hydrogen) atoms. The van der Waals surface area contributed by atoms with Crippen LogP contribution in [0.3, 0.4) is 0 Å². The first-order valence-electron chi connectivity index (χ1n) is 6.86. The van der Waals surface area contributed by atoms with Crippen LogP contribution >= 0.6 is 0 Å². The first kappa shape index (κ1) is 13.2. The van der Waals surface area contributed by atoms with Crippen molar-refractivity contribution in [3.63, 3.8) is 0 Å². The zero-order valence-electron chi connectivity index (χ0n) is 11.2. The van der Waals surface area contributed by atoms with Gasteiger partial charge in [-0.1, -0.05) is 25.3 Å². The van der Waals surface area contributed by atoms with Gasteiger partial charge in [0.2, 0.25) is 0 Å². The van der Waals surface area contributed by atoms with Gasteiger partial charge in [0.1, 0.15) is 0 Å². The normalized spacial score (nSPS) is 18.6. The van der Waals surface area contributed by atoms with Crippen molar-refractivity contribution >= 4 is 11.4 Å². The Morgan fingerprint density at radius 2 is 2.00 bits per heavy atom. The van der Waals surface area contributed by atoms with E-state index in [1.807, 2.05) is 12.1 Å². The molecule has 3 nitrogen and oxygen atoms in total. The van der Waals surface area contributed by atoms with Crippen molar-refractivity contribution < 1.29 is 5.11 Å². The largest absolute Gasteiger partial charge is 0.397 e. The van der Waals surface area contributed by atoms with Crippen LogP contribution in [0.4, 0.5) is 11.4 Å². The molecule has 0 saturated heterocycles. The molecule has 0 heterocycles. The highest BCUT2D eigenvalue weighted by Gasteiger charge is 2.31. The van der Waals surface area contributed by atoms with Gasteiger partial charge in [-0.3, -0.25) is 0 Å². The number of hydrogen-bond acceptors (Lipinski definition) is 3. The molecule has 1 fully saturated rings. The molecule has 0 spiro atoms. The summed E-state index contributed by atoms with van der Waals surface area (Å²) in [5, 5.41) is 13.1. The lowest BCUT2D eigenvalue weighted by Gasteiger charge is -2.36. The first-order valence-corrected chi connectivity index (χ1v) is 6.86. The second-order valence-corrected chi connectivity index (χ2v) is 5.66. The number of benzene rings is 1. The fourth-order valence-electron chi connectivity index (χ4n) is 2.80. The Morgan fingerprint density at radius 3 is 2.67 bits per heavy atom. The minimum absolute atomic E-state index is 0.0500. The lowest BCUT2D eigenvalue weighted by Crippen LogP contribution is -2.35. The number of aliphatic hydroxyl groups excluding tert-OH is 1. The Morgan fingerprint density at radius 1 is 1.28 bits per heavy atom. The van der Waals surface area contributed by atoms with E-state index < -0.39 is 0 Å². The summed E-state index contributed by atoms with van der Waals surface area (Å²) in [6.07, 6.45) is 5.98. The maximum atomic E-state index is 9.67. The average Bonchev–Trinajstić information content (AvgIpc) is 2.41. The molecule has 0 aromatic heterocycles. The highest BCUT2D eigenvalue weighted by molar-refractivity contribution is 5.67. The third-order valence-corrected chi connectivity index (χ3v) is 4.11. The van der Waals surface area contributed by atoms with Crippen molar-refractivity contribution in [3.05, 3.63) is 23.8 Å². The van der Waals surface area contributed by atoms with Gasteiger partial charge >= 0.3 is 0 Å². The molecule has 0 bridgehead atoms. The zero-order valence-corrected chi connectivity index (χ0v) is 11.2. The minimum atomic E-state index is 0.0500. The van der Waals surface area contributed by atoms with Crippen molar-refractivity contribution in [2.24, 2.45) is 5.41 Å². The van der Waals surface area contributed by atoms with E-state index in [4.69, 9.17) is 5.73 Å². The topological polar surface area (TPSA) is 58.3 Å². The first-order chi connectivity index (χ1) is 8.65. The third kappa shape index (κ3) is 2.96. The summed E-state index contributed by atoms with van der Waals surface area (Å²) in [5.41, 5.74) is 8.99. The summed E-state index contributed by atoms with van der Waals surface area (Å²) in [7, 11) is 0. The second-order valence-electron chi connectivity index (χ2n) is 5.66. The molecule has 0 aliphatic heterocycles. The van der Waals surface area contributed by atoms with Crippen molar-refractivity contribution in [3.8, 4) is 0 Å². The Kier molecular flexibility index (Phi) is 4.12. The van der Waals surface area contributed by atoms with E-state index >= 15 is 0 Å². The van der Waals surface area contributed by atoms with Gasteiger partial charge in [-0.2, -0.15) is 0 Å². The van der Waals surface area contributed by atoms with Crippen LogP contribution in [0.15, 0.2) is 18.2 Å². The van der Waals surface area contributed by atoms with Crippen molar-refractivity contribution in [2.75, 3.05) is 24.2 Å². The molecule has 4 N–H and O–H groups in total. The predicted octanol–water partition coefficient (Wildman–Crippen LogP) is 2.93. The van der Waals surface area contributed by atoms with E-state index in [0.29, 0.717) is 0 Å². The molecule has 3 heteroatoms. The summed E-state index contributed by atoms with van der Waals surface area (Å²) >= 11 is 0. The minimum Gasteiger partial charge on any atom is -0.397 e. The molecule has 0 amide bonds. The Bertz CT molecular complexity index is 397. The van der Waals surface area contributed by atoms with Crippen LogP contribution in [-0.4, -0.2) is 18.3 Å². The molecular weight excluding hydrogens is 224 g/mol. The van der Waals surface area contributed by atoms with Gasteiger partial charge in [0, 0.05) is 12.0 Å². The molecule has 1 aromatic carbocycles. The molecule has 1 saturated carbocycles. The van der Waals surface area contributed by atoms with E-state index in [1.165, 1.54) is 24.8 Å². The smallest absolute Gasteiger partial charge is 0.0576 e. The van der Waals surface area contributed by atoms with E-state index in [1.54, 1.807) is 0 Å². The summed E-state index contributed by atoms with van der Waals surface area (Å²) in [6.45, 7) is 3.15. The molecule has 1 aliphatic rings. The molecule has 2 rings (SSSR count). The molecule has 0 radical (unpaired) electrons. The van der Waals surface area contributed by atoms with Crippen molar-refractivity contribution in [1.29, 1.82) is 0 Å². The third-order valence-electron chi connectivity index (χ3n) is 4.11. The monoisotopic (exact) mass is 248 g/mol. The van der Waals surface area contributed by atoms with Crippen LogP contribution in [0.5, 0.6) is 0 Å². The second kappa shape index (κ2) is 5.61. The predicted molar refractivity (Wildman–Crippen MR) is 76.7 cm³/mol. The standard InChI is InChI=1S/C15H24N2O/c1-12-5-6-13(16)14(9-12)17-10-15(11-18)7-3-2-4-8-15/h5-6,9,17-18H,2-4,7-8,10-11,16H2,1H3. The number of nitrogens with two attached hydrogens (primary N) is 1. The van der Waals surface area contributed by atoms with Gasteiger partial charge in [-0.25, -0.2) is 0 Å². The van der Waals surface area contributed by atoms with E-state index in [0.717, 1.165) is 30.8 Å². The van der Waals surface area contributed by atoms with E-state index in [2.05, 4.69) is 18.3 Å². The summed E-state index contributed by atoms with van der Waals surface area (Å²) in [4.78, 5) is 0. The van der Waals surface area contributed by atoms with Crippen molar-refractivity contribution in [1.82, 2.24) is 0 Å². The number of nitrogen functional groups attached to an aromatic ring is 1. The SMILES string of the molecule is Cc1ccc(N)c(NCC2(CO)CCCCC2)c1. The van der Waals surface area contributed by atoms with Gasteiger partial charge in [0.25, 0.3) is 0 Å². The van der Waals surface area contributed by atoms with Gasteiger partial charge < -0.3 is 16.2 Å². The highest BCUT2D eigenvalue weighted by atomic mass is 16.3. The van der Waals surface area contributed by atoms with Gasteiger partial charge in [0.15, 0.2) is 0 Å². The number of aliphatic hydroxyl groups is 1. The Hall–Kier alpha value is -1.22. The summed E-state index contributed by atoms with van der Waals surface area (Å²) < 4.78 is 0. The van der Waals surface area contributed by atoms with Crippen LogP contribution in [0, 0.1) is 12.3 Å². The average molecular weight is 248 g/mol. The zero-order chi connectivity index (χ0) is 13.0. The lowest BCUT2D eigenvalue weighted by atomic mass is 9.74. The van der Waals surface area contributed by atoms with Crippen LogP contribution in [-0.2, 0) is 0 Å². The number of aryl methyl sites for hydroxylation is 1. The quantitative estimate of drug-likeness (QED) is 0.718. The Balaban J connectivity index is 2.03. The van der Waals surface area contributed by atoms with Crippen LogP contribution in [0.2, 0.25) is 0 Å². The molecule has 0 atom stereocenters. The number of nitrogens with one attached hydrogen (secondary N) is 1. The van der Waals surface area contributed by atoms with Crippen LogP contribution in [0.1, 0.15) is 37.7 Å². The van der Waals surface area contributed by atoms with Gasteiger partial charge in [-0.15, -0.1) is 0 Å². The Labute approximate surface area is 109 Å². The van der Waals surface area contributed by atoms with E-state index in [-0.39, 0.29) is 12.0 Å². The van der Waals surface area contributed by atoms with E-state index in [9.17, 15) is 5.11 Å². The summed E-state index contributed by atoms with van der Waals surface area (Å²) in [6, 6.07) is 6.02. The number of hydrogen-bond donors (Lipinski definition) is 3. The number of anilines is 2. The van der Waals surface area contributed by atoms with Crippen molar-refractivity contribution in [2.45, 2.75) is 39.0 Å². The van der Waals surface area contributed by atoms with Crippen LogP contribution < -0.4 is 11.1 Å². The van der Waals surface area contributed by atoms with Crippen LogP contribution in [0.25, 0.3) is 0 Å². The molecule has 100 valence electrons. The van der Waals surface area contributed by atoms with Gasteiger partial charge in [-0.05, 0) is 37.5 Å². The fourth-order valence-corrected chi connectivity index (χ4v) is 2.80. The highest BCUT2D eigenvalue weighted by Crippen LogP contribution is 2.36. The summed E-state index contributed by atoms with van der Waals surface area (Å²) in [5.74, 6) is 0. The van der Waals surface area contributed by atoms with Gasteiger partial charge in [0.05, 0.1) is 18.0 Å².